The molecule has 1 aromatic rings. The van der Waals surface area contributed by atoms with Crippen molar-refractivity contribution < 1.29 is 5.11 Å². The molecule has 0 spiro atoms. The van der Waals surface area contributed by atoms with E-state index in [0.29, 0.717) is 5.92 Å². The highest BCUT2D eigenvalue weighted by molar-refractivity contribution is 5.48. The van der Waals surface area contributed by atoms with Gasteiger partial charge in [0.05, 0.1) is 5.60 Å². The second-order valence-electron chi connectivity index (χ2n) is 6.44. The molecule has 2 unspecified atom stereocenters. The lowest BCUT2D eigenvalue weighted by Crippen LogP contribution is -2.53. The summed E-state index contributed by atoms with van der Waals surface area (Å²) < 4.78 is 0. The third-order valence-corrected chi connectivity index (χ3v) is 5.11. The Labute approximate surface area is 122 Å². The third-order valence-electron chi connectivity index (χ3n) is 5.11. The van der Waals surface area contributed by atoms with Crippen LogP contribution in [0.3, 0.4) is 0 Å². The molecule has 2 N–H and O–H groups in total. The van der Waals surface area contributed by atoms with Crippen molar-refractivity contribution in [2.24, 2.45) is 5.92 Å². The number of nitrogens with one attached hydrogen (secondary N) is 1. The Balaban J connectivity index is 1.69. The van der Waals surface area contributed by atoms with Crippen LogP contribution < -0.4 is 10.2 Å². The van der Waals surface area contributed by atoms with Gasteiger partial charge in [0, 0.05) is 31.2 Å². The summed E-state index contributed by atoms with van der Waals surface area (Å²) in [5.41, 5.74) is 2.25. The largest absolute Gasteiger partial charge is 0.389 e. The summed E-state index contributed by atoms with van der Waals surface area (Å²) in [4.78, 5) is 2.45. The van der Waals surface area contributed by atoms with Gasteiger partial charge in [0.25, 0.3) is 0 Å². The molecule has 2 atom stereocenters. The van der Waals surface area contributed by atoms with E-state index in [9.17, 15) is 5.11 Å². The average molecular weight is 274 g/mol. The minimum Gasteiger partial charge on any atom is -0.389 e. The van der Waals surface area contributed by atoms with Crippen LogP contribution >= 0.6 is 0 Å². The van der Waals surface area contributed by atoms with Crippen molar-refractivity contribution in [3.8, 4) is 0 Å². The minimum absolute atomic E-state index is 0.374. The van der Waals surface area contributed by atoms with E-state index >= 15 is 0 Å². The monoisotopic (exact) mass is 274 g/mol. The Morgan fingerprint density at radius 2 is 2.05 bits per heavy atom. The highest BCUT2D eigenvalue weighted by atomic mass is 16.3. The third kappa shape index (κ3) is 2.70. The Hall–Kier alpha value is -1.06. The van der Waals surface area contributed by atoms with Gasteiger partial charge in [-0.25, -0.2) is 0 Å². The number of benzene rings is 1. The van der Waals surface area contributed by atoms with Crippen LogP contribution in [0.5, 0.6) is 0 Å². The van der Waals surface area contributed by atoms with Gasteiger partial charge in [0.15, 0.2) is 0 Å². The van der Waals surface area contributed by atoms with Gasteiger partial charge >= 0.3 is 0 Å². The van der Waals surface area contributed by atoms with Crippen molar-refractivity contribution in [1.82, 2.24) is 5.32 Å². The first-order chi connectivity index (χ1) is 9.71. The lowest BCUT2D eigenvalue weighted by Gasteiger charge is -2.48. The summed E-state index contributed by atoms with van der Waals surface area (Å²) in [7, 11) is 1.97. The van der Waals surface area contributed by atoms with Gasteiger partial charge in [-0.05, 0) is 44.0 Å². The van der Waals surface area contributed by atoms with Crippen molar-refractivity contribution in [1.29, 1.82) is 0 Å². The molecule has 20 heavy (non-hydrogen) atoms. The van der Waals surface area contributed by atoms with Crippen LogP contribution in [0.25, 0.3) is 0 Å². The van der Waals surface area contributed by atoms with Gasteiger partial charge in [-0.1, -0.05) is 25.0 Å². The number of rotatable bonds is 3. The van der Waals surface area contributed by atoms with Crippen molar-refractivity contribution in [2.75, 3.05) is 25.0 Å². The lowest BCUT2D eigenvalue weighted by molar-refractivity contribution is -0.0612. The Morgan fingerprint density at radius 1 is 1.25 bits per heavy atom. The zero-order valence-electron chi connectivity index (χ0n) is 12.4. The second-order valence-corrected chi connectivity index (χ2v) is 6.44. The molecule has 1 aliphatic heterocycles. The fraction of sp³-hybridized carbons (Fsp3) is 0.647. The van der Waals surface area contributed by atoms with Crippen LogP contribution in [0.2, 0.25) is 0 Å². The summed E-state index contributed by atoms with van der Waals surface area (Å²) in [5, 5.41) is 13.9. The van der Waals surface area contributed by atoms with Crippen LogP contribution in [0, 0.1) is 5.92 Å². The molecular formula is C17H26N2O. The molecule has 3 nitrogen and oxygen atoms in total. The molecule has 3 heteroatoms. The second kappa shape index (κ2) is 5.74. The highest BCUT2D eigenvalue weighted by Crippen LogP contribution is 2.40. The zero-order valence-corrected chi connectivity index (χ0v) is 12.4. The van der Waals surface area contributed by atoms with Crippen LogP contribution in [-0.4, -0.2) is 30.8 Å². The van der Waals surface area contributed by atoms with E-state index in [1.165, 1.54) is 30.5 Å². The number of fused-ring (bicyclic) bond motifs is 1. The Bertz CT molecular complexity index is 445. The van der Waals surface area contributed by atoms with E-state index in [4.69, 9.17) is 0 Å². The van der Waals surface area contributed by atoms with Crippen molar-refractivity contribution in [3.63, 3.8) is 0 Å². The summed E-state index contributed by atoms with van der Waals surface area (Å²) >= 11 is 0. The molecule has 0 aromatic heterocycles. The van der Waals surface area contributed by atoms with Crippen molar-refractivity contribution in [3.05, 3.63) is 29.8 Å². The molecule has 0 amide bonds. The predicted octanol–water partition coefficient (Wildman–Crippen LogP) is 2.54. The molecule has 1 saturated carbocycles. The lowest BCUT2D eigenvalue weighted by atomic mass is 9.71. The van der Waals surface area contributed by atoms with E-state index in [0.717, 1.165) is 32.5 Å². The maximum atomic E-state index is 10.7. The highest BCUT2D eigenvalue weighted by Gasteiger charge is 2.42. The summed E-state index contributed by atoms with van der Waals surface area (Å²) in [6.45, 7) is 2.92. The molecule has 1 aliphatic carbocycles. The molecule has 0 radical (unpaired) electrons. The van der Waals surface area contributed by atoms with Gasteiger partial charge in [0.1, 0.15) is 0 Å². The van der Waals surface area contributed by atoms with Crippen LogP contribution in [0.4, 0.5) is 5.69 Å². The first-order valence-electron chi connectivity index (χ1n) is 7.92. The normalized spacial score (nSPS) is 30.1. The SMILES string of the molecule is CNCc1ccc(N2CCC3(O)CCCCC3C2)cc1. The molecule has 1 aromatic carbocycles. The van der Waals surface area contributed by atoms with Gasteiger partial charge < -0.3 is 15.3 Å². The molecule has 2 aliphatic rings. The first kappa shape index (κ1) is 13.9. The van der Waals surface area contributed by atoms with E-state index in [1.807, 2.05) is 7.05 Å². The molecule has 110 valence electrons. The number of aliphatic hydroxyl groups is 1. The molecule has 2 fully saturated rings. The Morgan fingerprint density at radius 3 is 2.80 bits per heavy atom. The van der Waals surface area contributed by atoms with E-state index in [-0.39, 0.29) is 5.60 Å². The molecule has 1 heterocycles. The summed E-state index contributed by atoms with van der Waals surface area (Å²) in [6, 6.07) is 8.85. The number of hydrogen-bond acceptors (Lipinski definition) is 3. The molecule has 3 rings (SSSR count). The summed E-state index contributed by atoms with van der Waals surface area (Å²) in [5.74, 6) is 0.460. The van der Waals surface area contributed by atoms with Crippen molar-refractivity contribution in [2.45, 2.75) is 44.2 Å². The maximum absolute atomic E-state index is 10.7. The van der Waals surface area contributed by atoms with E-state index < -0.39 is 0 Å². The fourth-order valence-electron chi connectivity index (χ4n) is 3.83. The number of piperidine rings is 1. The number of anilines is 1. The van der Waals surface area contributed by atoms with Crippen LogP contribution in [0.15, 0.2) is 24.3 Å². The zero-order chi connectivity index (χ0) is 14.0. The smallest absolute Gasteiger partial charge is 0.0709 e. The van der Waals surface area contributed by atoms with Gasteiger partial charge in [-0.15, -0.1) is 0 Å². The molecule has 1 saturated heterocycles. The van der Waals surface area contributed by atoms with E-state index in [1.54, 1.807) is 0 Å². The molecular weight excluding hydrogens is 248 g/mol. The molecule has 0 bridgehead atoms. The first-order valence-corrected chi connectivity index (χ1v) is 7.92. The van der Waals surface area contributed by atoms with Crippen LogP contribution in [-0.2, 0) is 6.54 Å². The van der Waals surface area contributed by atoms with Gasteiger partial charge in [0.2, 0.25) is 0 Å². The van der Waals surface area contributed by atoms with E-state index in [2.05, 4.69) is 34.5 Å². The standard InChI is InChI=1S/C17H26N2O/c1-18-12-14-5-7-16(8-6-14)19-11-10-17(20)9-3-2-4-15(17)13-19/h5-8,15,18,20H,2-4,9-13H2,1H3. The maximum Gasteiger partial charge on any atom is 0.0709 e. The van der Waals surface area contributed by atoms with Gasteiger partial charge in [-0.3, -0.25) is 0 Å². The fourth-order valence-corrected chi connectivity index (χ4v) is 3.83. The van der Waals surface area contributed by atoms with Crippen LogP contribution in [0.1, 0.15) is 37.7 Å². The number of hydrogen-bond donors (Lipinski definition) is 2. The summed E-state index contributed by atoms with van der Waals surface area (Å²) in [6.07, 6.45) is 5.60. The minimum atomic E-state index is -0.374. The Kier molecular flexibility index (Phi) is 3.99. The van der Waals surface area contributed by atoms with Crippen molar-refractivity contribution >= 4 is 5.69 Å². The topological polar surface area (TPSA) is 35.5 Å². The average Bonchev–Trinajstić information content (AvgIpc) is 2.47. The predicted molar refractivity (Wildman–Crippen MR) is 82.9 cm³/mol. The van der Waals surface area contributed by atoms with Gasteiger partial charge in [-0.2, -0.15) is 0 Å². The number of nitrogens with zero attached hydrogens (tertiary/aromatic N) is 1. The quantitative estimate of drug-likeness (QED) is 0.889.